The summed E-state index contributed by atoms with van der Waals surface area (Å²) >= 11 is 3.13. The van der Waals surface area contributed by atoms with Crippen LogP contribution < -0.4 is 48.3 Å². The Morgan fingerprint density at radius 1 is 0.687 bits per heavy atom. The maximum absolute atomic E-state index is 14.0. The van der Waals surface area contributed by atoms with Gasteiger partial charge in [0.1, 0.15) is 23.9 Å². The van der Waals surface area contributed by atoms with Crippen molar-refractivity contribution in [3.05, 3.63) is 35.4 Å². The number of hydrogen-bond acceptors (Lipinski definition) is 23. The number of carboxylic acid groups (broad SMARTS) is 2. The average Bonchev–Trinajstić information content (AvgIpc) is 0.854. The van der Waals surface area contributed by atoms with E-state index in [4.69, 9.17) is 19.9 Å². The fourth-order valence-corrected chi connectivity index (χ4v) is 12.6. The van der Waals surface area contributed by atoms with Crippen molar-refractivity contribution in [2.75, 3.05) is 149 Å². The van der Waals surface area contributed by atoms with Crippen molar-refractivity contribution in [1.29, 1.82) is 0 Å². The van der Waals surface area contributed by atoms with Crippen molar-refractivity contribution in [3.63, 3.8) is 0 Å². The minimum atomic E-state index is -1.62. The SMILES string of the molecule is CC[C@H](C)[C@@H]1NC(=O)[C@H](CC(C)C)NC(=O)C(C)(C)NC(=O)CCSCc2cccc(c2)CSC[C@@H](C(=O)NCCCOCCOCCOCCCNC(=O)CCC(=O)N[C@@H](CCCCNC(=O)CN2CCN(CC(=O)O)CCN(CC(O)O)CCN(CC(=O)O)CC2)C(N)=O)NC1O. The largest absolute Gasteiger partial charge is 0.480 e. The summed E-state index contributed by atoms with van der Waals surface area (Å²) in [6, 6.07) is 4.48. The highest BCUT2D eigenvalue weighted by Crippen LogP contribution is 2.21. The number of rotatable bonds is 37. The summed E-state index contributed by atoms with van der Waals surface area (Å²) in [6.07, 6.45) is -0.0975. The molecule has 0 radical (unpaired) electrons. The summed E-state index contributed by atoms with van der Waals surface area (Å²) in [5.41, 5.74) is 6.41. The molecule has 1 aromatic rings. The Bertz CT molecular complexity index is 2590. The van der Waals surface area contributed by atoms with Crippen LogP contribution >= 0.6 is 23.5 Å². The zero-order chi connectivity index (χ0) is 73.1. The van der Waals surface area contributed by atoms with Crippen LogP contribution in [0.25, 0.3) is 0 Å². The zero-order valence-corrected chi connectivity index (χ0v) is 60.5. The molecule has 99 heavy (non-hydrogen) atoms. The second kappa shape index (κ2) is 49.7. The molecule has 2 aliphatic heterocycles. The minimum Gasteiger partial charge on any atom is -0.480 e. The number of hydrogen-bond donors (Lipinski definition) is 14. The normalized spacial score (nSPS) is 20.5. The van der Waals surface area contributed by atoms with Gasteiger partial charge < -0.3 is 82.7 Å². The smallest absolute Gasteiger partial charge is 0.317 e. The van der Waals surface area contributed by atoms with E-state index in [-0.39, 0.29) is 120 Å². The fraction of sp³-hybridized carbons (Fsp3) is 0.758. The highest BCUT2D eigenvalue weighted by molar-refractivity contribution is 7.98. The lowest BCUT2D eigenvalue weighted by atomic mass is 9.95. The van der Waals surface area contributed by atoms with Gasteiger partial charge in [-0.05, 0) is 75.3 Å². The van der Waals surface area contributed by atoms with Gasteiger partial charge in [0.15, 0.2) is 6.29 Å². The number of nitrogens with two attached hydrogens (primary N) is 1. The number of aliphatic hydroxyl groups is 3. The first kappa shape index (κ1) is 87.4. The molecule has 0 saturated carbocycles. The molecule has 1 unspecified atom stereocenters. The van der Waals surface area contributed by atoms with E-state index in [1.54, 1.807) is 40.3 Å². The number of benzene rings is 1. The topological polar surface area (TPSA) is 435 Å². The number of aliphatic hydroxyl groups excluding tert-OH is 2. The number of thioether (sulfide) groups is 2. The highest BCUT2D eigenvalue weighted by atomic mass is 32.2. The fourth-order valence-electron chi connectivity index (χ4n) is 10.7. The summed E-state index contributed by atoms with van der Waals surface area (Å²) in [6.45, 7) is 15.3. The number of β-amino-alcohol motifs (C(OH)–C–C–N with tert-alkyl or cyclic N) is 2. The maximum atomic E-state index is 14.0. The molecule has 6 atom stereocenters. The number of unbranched alkanes of at least 4 members (excludes halogenated alkanes) is 1. The number of primary amides is 1. The van der Waals surface area contributed by atoms with Gasteiger partial charge in [0.2, 0.25) is 47.3 Å². The Morgan fingerprint density at radius 3 is 1.77 bits per heavy atom. The summed E-state index contributed by atoms with van der Waals surface area (Å²) < 4.78 is 17.0. The Labute approximate surface area is 591 Å². The van der Waals surface area contributed by atoms with E-state index in [1.165, 1.54) is 11.8 Å². The predicted octanol–water partition coefficient (Wildman–Crippen LogP) is -1.41. The first-order valence-corrected chi connectivity index (χ1v) is 36.9. The highest BCUT2D eigenvalue weighted by Gasteiger charge is 2.36. The molecule has 1 saturated heterocycles. The minimum absolute atomic E-state index is 0.0146. The number of nitrogens with one attached hydrogen (secondary N) is 8. The molecule has 2 bridgehead atoms. The van der Waals surface area contributed by atoms with Gasteiger partial charge in [-0.25, -0.2) is 0 Å². The first-order chi connectivity index (χ1) is 47.1. The second-order valence-electron chi connectivity index (χ2n) is 26.0. The molecule has 3 rings (SSSR count). The molecule has 2 heterocycles. The van der Waals surface area contributed by atoms with Gasteiger partial charge in [-0.1, -0.05) is 58.4 Å². The van der Waals surface area contributed by atoms with Crippen LogP contribution in [0.15, 0.2) is 24.3 Å². The van der Waals surface area contributed by atoms with Crippen molar-refractivity contribution in [2.24, 2.45) is 17.6 Å². The molecule has 1 aromatic carbocycles. The van der Waals surface area contributed by atoms with Crippen LogP contribution in [0.3, 0.4) is 0 Å². The molecule has 564 valence electrons. The second-order valence-corrected chi connectivity index (χ2v) is 28.1. The van der Waals surface area contributed by atoms with E-state index in [0.717, 1.165) is 11.1 Å². The van der Waals surface area contributed by atoms with Crippen LogP contribution in [0.4, 0.5) is 0 Å². The Hall–Kier alpha value is -5.82. The first-order valence-electron chi connectivity index (χ1n) is 34.6. The van der Waals surface area contributed by atoms with Crippen molar-refractivity contribution < 1.29 is 87.7 Å². The molecule has 1 fully saturated rings. The van der Waals surface area contributed by atoms with Crippen LogP contribution in [0, 0.1) is 11.8 Å². The van der Waals surface area contributed by atoms with Gasteiger partial charge in [0, 0.05) is 134 Å². The molecule has 2 aliphatic rings. The molecule has 0 spiro atoms. The summed E-state index contributed by atoms with van der Waals surface area (Å²) in [5.74, 6) is -3.75. The van der Waals surface area contributed by atoms with Gasteiger partial charge in [-0.3, -0.25) is 72.9 Å². The van der Waals surface area contributed by atoms with Crippen LogP contribution in [-0.4, -0.2) is 296 Å². The predicted molar refractivity (Wildman–Crippen MR) is 375 cm³/mol. The van der Waals surface area contributed by atoms with E-state index in [2.05, 4.69) is 48.6 Å². The molecule has 8 amide bonds. The molecule has 15 N–H and O–H groups in total. The summed E-state index contributed by atoms with van der Waals surface area (Å²) in [7, 11) is 0. The zero-order valence-electron chi connectivity index (χ0n) is 58.9. The maximum Gasteiger partial charge on any atom is 0.317 e. The number of carbonyl (C=O) groups excluding carboxylic acids is 8. The van der Waals surface area contributed by atoms with Crippen molar-refractivity contribution in [3.8, 4) is 0 Å². The van der Waals surface area contributed by atoms with E-state index < -0.39 is 77.8 Å². The number of carbonyl (C=O) groups is 10. The Morgan fingerprint density at radius 2 is 1.21 bits per heavy atom. The Kier molecular flexibility index (Phi) is 43.9. The lowest BCUT2D eigenvalue weighted by Crippen LogP contribution is -2.63. The third-order valence-electron chi connectivity index (χ3n) is 16.5. The van der Waals surface area contributed by atoms with Gasteiger partial charge in [-0.15, -0.1) is 0 Å². The van der Waals surface area contributed by atoms with E-state index in [0.29, 0.717) is 140 Å². The van der Waals surface area contributed by atoms with E-state index >= 15 is 0 Å². The van der Waals surface area contributed by atoms with E-state index in [9.17, 15) is 73.5 Å². The molecule has 33 heteroatoms. The summed E-state index contributed by atoms with van der Waals surface area (Å²) in [5, 5.41) is 72.9. The number of fused-ring (bicyclic) bond motifs is 2. The van der Waals surface area contributed by atoms with Gasteiger partial charge in [0.05, 0.1) is 58.1 Å². The number of amides is 8. The lowest BCUT2D eigenvalue weighted by molar-refractivity contribution is -0.139. The van der Waals surface area contributed by atoms with Crippen molar-refractivity contribution in [1.82, 2.24) is 62.1 Å². The lowest BCUT2D eigenvalue weighted by Gasteiger charge is -2.34. The number of ether oxygens (including phenoxy) is 3. The van der Waals surface area contributed by atoms with Crippen molar-refractivity contribution >= 4 is 82.7 Å². The number of carboxylic acids is 2. The average molecular weight is 1440 g/mol. The van der Waals surface area contributed by atoms with E-state index in [1.807, 2.05) is 50.8 Å². The van der Waals surface area contributed by atoms with Gasteiger partial charge in [0.25, 0.3) is 0 Å². The van der Waals surface area contributed by atoms with Gasteiger partial charge >= 0.3 is 11.9 Å². The van der Waals surface area contributed by atoms with Crippen LogP contribution in [0.5, 0.6) is 0 Å². The number of nitrogens with zero attached hydrogens (tertiary/aromatic N) is 4. The molecular formula is C66H115N13O18S2. The third kappa shape index (κ3) is 39.8. The number of aliphatic carboxylic acids is 2. The molecule has 31 nitrogen and oxygen atoms in total. The molecular weight excluding hydrogens is 1330 g/mol. The van der Waals surface area contributed by atoms with Crippen molar-refractivity contribution in [2.45, 2.75) is 159 Å². The summed E-state index contributed by atoms with van der Waals surface area (Å²) in [4.78, 5) is 135. The molecule has 0 aliphatic carbocycles. The quantitative estimate of drug-likeness (QED) is 0.0269. The van der Waals surface area contributed by atoms with Crippen LogP contribution in [-0.2, 0) is 73.7 Å². The molecule has 0 aromatic heterocycles. The monoisotopic (exact) mass is 1440 g/mol. The Balaban J connectivity index is 1.33. The standard InChI is InChI=1S/C66H115N13O18S2/c1-7-47(4)60-64(93)72-52(45-99-44-49-14-10-13-48(38-49)43-98-36-18-55(82)75-66(5,6)65(94)73-51(37-46(2)3)63(92)74-60)62(91)70-21-12-31-96-33-35-97-34-32-95-30-11-20-68-53(80)16-17-54(81)71-50(61(67)90)15-8-9-19-69-56(83)39-76-22-24-77(40-57(84)85)26-28-79(42-59(88)89)29-27-78(25-23-76)41-58(86)87/h10,13-14,38,46-47,50-52,59-60,64,72,88-89,93H,7-9,11-12,15-37,39-45H2,1-6H3,(H2,67,90)(H,68,80)(H,69,83)(H,70,91)(H,71,81)(H,73,94)(H,74,92)(H,75,82)(H,84,85)(H,86,87)/t47-,50-,51-,52-,60-,64?/m0/s1. The third-order valence-corrected chi connectivity index (χ3v) is 18.6. The van der Waals surface area contributed by atoms with Crippen LogP contribution in [0.1, 0.15) is 117 Å². The van der Waals surface area contributed by atoms with Crippen LogP contribution in [0.2, 0.25) is 0 Å². The van der Waals surface area contributed by atoms with Gasteiger partial charge in [-0.2, -0.15) is 23.5 Å².